The molecule has 0 spiro atoms. The third kappa shape index (κ3) is 5.56. The lowest BCUT2D eigenvalue weighted by molar-refractivity contribution is 0.669. The van der Waals surface area contributed by atoms with E-state index in [2.05, 4.69) is 133 Å². The largest absolute Gasteiger partial charge is 0.456 e. The van der Waals surface area contributed by atoms with Crippen LogP contribution in [0.2, 0.25) is 0 Å². The third-order valence-corrected chi connectivity index (χ3v) is 11.9. The predicted octanol–water partition coefficient (Wildman–Crippen LogP) is 14.1. The fraction of sp³-hybridized carbons (Fsp3) is 0. The van der Waals surface area contributed by atoms with Gasteiger partial charge in [0, 0.05) is 47.6 Å². The molecule has 0 saturated carbocycles. The van der Waals surface area contributed by atoms with Crippen LogP contribution in [-0.2, 0) is 0 Å². The maximum atomic E-state index is 6.25. The van der Waals surface area contributed by atoms with Gasteiger partial charge in [-0.15, -0.1) is 11.3 Å². The molecule has 0 radical (unpaired) electrons. The lowest BCUT2D eigenvalue weighted by atomic mass is 9.98. The average Bonchev–Trinajstić information content (AvgIpc) is 3.85. The number of nitrogens with zero attached hydrogens (tertiary/aromatic N) is 3. The molecule has 0 bridgehead atoms. The lowest BCUT2D eigenvalue weighted by Gasteiger charge is -2.10. The van der Waals surface area contributed by atoms with Crippen LogP contribution < -0.4 is 0 Å². The van der Waals surface area contributed by atoms with E-state index in [0.29, 0.717) is 17.5 Å². The minimum atomic E-state index is 0.595. The number of hydrogen-bond acceptors (Lipinski definition) is 5. The second-order valence-corrected chi connectivity index (χ2v) is 15.0. The zero-order valence-electron chi connectivity index (χ0n) is 30.1. The van der Waals surface area contributed by atoms with Crippen molar-refractivity contribution in [3.8, 4) is 67.5 Å². The Hall–Kier alpha value is -7.21. The standard InChI is InChI=1S/C51H31N3OS/c1-3-12-32(13-4-1)33-24-26-34(27-25-33)39-19-10-21-43-44-22-11-20-40(48(44)56-47(39)43)36-16-9-17-37(30-36)50-52-49(35-14-5-2-6-15-35)53-51(54-50)38-28-29-42-41-18-7-8-23-45(41)55-46(42)31-38/h1-31H. The number of furan rings is 1. The molecule has 0 saturated heterocycles. The summed E-state index contributed by atoms with van der Waals surface area (Å²) in [7, 11) is 0. The Morgan fingerprint density at radius 1 is 0.304 bits per heavy atom. The Morgan fingerprint density at radius 3 is 1.48 bits per heavy atom. The minimum absolute atomic E-state index is 0.595. The van der Waals surface area contributed by atoms with Crippen molar-refractivity contribution >= 4 is 53.4 Å². The van der Waals surface area contributed by atoms with Gasteiger partial charge in [0.1, 0.15) is 11.2 Å². The zero-order chi connectivity index (χ0) is 37.0. The van der Waals surface area contributed by atoms with Gasteiger partial charge in [-0.05, 0) is 57.6 Å². The van der Waals surface area contributed by atoms with Gasteiger partial charge in [-0.3, -0.25) is 0 Å². The number of thiophene rings is 1. The summed E-state index contributed by atoms with van der Waals surface area (Å²) in [5, 5.41) is 4.68. The number of fused-ring (bicyclic) bond motifs is 6. The van der Waals surface area contributed by atoms with E-state index in [9.17, 15) is 0 Å². The van der Waals surface area contributed by atoms with Gasteiger partial charge in [-0.2, -0.15) is 0 Å². The molecule has 0 atom stereocenters. The molecule has 5 heteroatoms. The van der Waals surface area contributed by atoms with E-state index in [1.807, 2.05) is 65.9 Å². The summed E-state index contributed by atoms with van der Waals surface area (Å²) in [4.78, 5) is 15.2. The molecule has 11 aromatic rings. The number of rotatable bonds is 6. The average molecular weight is 734 g/mol. The van der Waals surface area contributed by atoms with Gasteiger partial charge in [-0.25, -0.2) is 15.0 Å². The van der Waals surface area contributed by atoms with E-state index >= 15 is 0 Å². The summed E-state index contributed by atoms with van der Waals surface area (Å²) in [6.07, 6.45) is 0. The highest BCUT2D eigenvalue weighted by Crippen LogP contribution is 2.44. The number of benzene rings is 8. The first-order valence-electron chi connectivity index (χ1n) is 18.7. The fourth-order valence-electron chi connectivity index (χ4n) is 7.79. The van der Waals surface area contributed by atoms with E-state index in [0.717, 1.165) is 44.2 Å². The third-order valence-electron chi connectivity index (χ3n) is 10.6. The summed E-state index contributed by atoms with van der Waals surface area (Å²) in [5.74, 6) is 1.83. The Balaban J connectivity index is 1.02. The van der Waals surface area contributed by atoms with Gasteiger partial charge in [0.15, 0.2) is 17.5 Å². The van der Waals surface area contributed by atoms with E-state index in [1.54, 1.807) is 0 Å². The minimum Gasteiger partial charge on any atom is -0.456 e. The monoisotopic (exact) mass is 733 g/mol. The molecule has 11 rings (SSSR count). The van der Waals surface area contributed by atoms with Crippen molar-refractivity contribution in [2.75, 3.05) is 0 Å². The first-order chi connectivity index (χ1) is 27.7. The highest BCUT2D eigenvalue weighted by Gasteiger charge is 2.17. The van der Waals surface area contributed by atoms with Crippen LogP contribution in [0.4, 0.5) is 0 Å². The van der Waals surface area contributed by atoms with Crippen molar-refractivity contribution in [2.45, 2.75) is 0 Å². The highest BCUT2D eigenvalue weighted by atomic mass is 32.1. The van der Waals surface area contributed by atoms with E-state index in [-0.39, 0.29) is 0 Å². The molecule has 8 aromatic carbocycles. The quantitative estimate of drug-likeness (QED) is 0.171. The molecule has 0 aliphatic rings. The van der Waals surface area contributed by atoms with Crippen LogP contribution in [0.1, 0.15) is 0 Å². The Bertz CT molecular complexity index is 3240. The van der Waals surface area contributed by atoms with Gasteiger partial charge in [0.05, 0.1) is 0 Å². The van der Waals surface area contributed by atoms with Crippen molar-refractivity contribution in [3.63, 3.8) is 0 Å². The summed E-state index contributed by atoms with van der Waals surface area (Å²) in [6, 6.07) is 65.8. The maximum absolute atomic E-state index is 6.25. The van der Waals surface area contributed by atoms with Crippen LogP contribution in [0.15, 0.2) is 192 Å². The molecule has 56 heavy (non-hydrogen) atoms. The second kappa shape index (κ2) is 13.3. The molecule has 0 amide bonds. The normalized spacial score (nSPS) is 11.6. The number of aromatic nitrogens is 3. The van der Waals surface area contributed by atoms with Crippen LogP contribution in [0, 0.1) is 0 Å². The molecule has 0 aliphatic carbocycles. The van der Waals surface area contributed by atoms with Gasteiger partial charge < -0.3 is 4.42 Å². The second-order valence-electron chi connectivity index (χ2n) is 14.0. The smallest absolute Gasteiger partial charge is 0.164 e. The van der Waals surface area contributed by atoms with Crippen LogP contribution in [0.3, 0.4) is 0 Å². The fourth-order valence-corrected chi connectivity index (χ4v) is 9.16. The van der Waals surface area contributed by atoms with Crippen LogP contribution in [0.25, 0.3) is 110 Å². The zero-order valence-corrected chi connectivity index (χ0v) is 30.9. The van der Waals surface area contributed by atoms with Crippen molar-refractivity contribution in [1.82, 2.24) is 15.0 Å². The lowest BCUT2D eigenvalue weighted by Crippen LogP contribution is -2.00. The molecule has 262 valence electrons. The molecule has 0 fully saturated rings. The summed E-state index contributed by atoms with van der Waals surface area (Å²) >= 11 is 1.86. The van der Waals surface area contributed by atoms with E-state index < -0.39 is 0 Å². The summed E-state index contributed by atoms with van der Waals surface area (Å²) in [6.45, 7) is 0. The Labute approximate surface area is 327 Å². The highest BCUT2D eigenvalue weighted by molar-refractivity contribution is 7.26. The Morgan fingerprint density at radius 2 is 0.768 bits per heavy atom. The van der Waals surface area contributed by atoms with Crippen molar-refractivity contribution < 1.29 is 4.42 Å². The Kier molecular flexibility index (Phi) is 7.64. The molecule has 3 heterocycles. The van der Waals surface area contributed by atoms with Gasteiger partial charge in [0.2, 0.25) is 0 Å². The van der Waals surface area contributed by atoms with E-state index in [4.69, 9.17) is 19.4 Å². The van der Waals surface area contributed by atoms with Gasteiger partial charge in [-0.1, -0.05) is 164 Å². The van der Waals surface area contributed by atoms with Gasteiger partial charge in [0.25, 0.3) is 0 Å². The predicted molar refractivity (Wildman–Crippen MR) is 233 cm³/mol. The SMILES string of the molecule is c1ccc(-c2ccc(-c3cccc4c3sc3c(-c5cccc(-c6nc(-c7ccccc7)nc(-c7ccc8c(c7)oc7ccccc78)n6)c5)cccc34)cc2)cc1. The molecular weight excluding hydrogens is 703 g/mol. The molecule has 0 N–H and O–H groups in total. The van der Waals surface area contributed by atoms with Gasteiger partial charge >= 0.3 is 0 Å². The van der Waals surface area contributed by atoms with Crippen LogP contribution >= 0.6 is 11.3 Å². The van der Waals surface area contributed by atoms with Crippen molar-refractivity contribution in [3.05, 3.63) is 188 Å². The number of para-hydroxylation sites is 1. The molecular formula is C51H31N3OS. The van der Waals surface area contributed by atoms with Crippen molar-refractivity contribution in [2.24, 2.45) is 0 Å². The molecule has 0 unspecified atom stereocenters. The van der Waals surface area contributed by atoms with Crippen LogP contribution in [0.5, 0.6) is 0 Å². The molecule has 3 aromatic heterocycles. The summed E-state index contributed by atoms with van der Waals surface area (Å²) < 4.78 is 8.79. The summed E-state index contributed by atoms with van der Waals surface area (Å²) in [5.41, 5.74) is 11.6. The van der Waals surface area contributed by atoms with Crippen LogP contribution in [-0.4, -0.2) is 15.0 Å². The first-order valence-corrected chi connectivity index (χ1v) is 19.5. The van der Waals surface area contributed by atoms with Crippen molar-refractivity contribution in [1.29, 1.82) is 0 Å². The maximum Gasteiger partial charge on any atom is 0.164 e. The molecule has 0 aliphatic heterocycles. The topological polar surface area (TPSA) is 51.8 Å². The first kappa shape index (κ1) is 32.2. The van der Waals surface area contributed by atoms with E-state index in [1.165, 1.54) is 48.0 Å². The number of hydrogen-bond donors (Lipinski definition) is 0. The molecule has 4 nitrogen and oxygen atoms in total.